The number of imide groups is 1. The van der Waals surface area contributed by atoms with Gasteiger partial charge in [-0.15, -0.1) is 0 Å². The van der Waals surface area contributed by atoms with Gasteiger partial charge in [-0.25, -0.2) is 0 Å². The van der Waals surface area contributed by atoms with Crippen molar-refractivity contribution in [3.05, 3.63) is 54.1 Å². The van der Waals surface area contributed by atoms with Crippen molar-refractivity contribution in [3.63, 3.8) is 0 Å². The average molecular weight is 318 g/mol. The smallest absolute Gasteiger partial charge is 0.254 e. The second-order valence-electron chi connectivity index (χ2n) is 7.24. The van der Waals surface area contributed by atoms with Crippen molar-refractivity contribution in [2.75, 3.05) is 0 Å². The highest BCUT2D eigenvalue weighted by Crippen LogP contribution is 2.73. The van der Waals surface area contributed by atoms with Crippen molar-refractivity contribution in [2.24, 2.45) is 34.2 Å². The largest absolute Gasteiger partial charge is 0.272 e. The molecule has 2 bridgehead atoms. The lowest BCUT2D eigenvalue weighted by Gasteiger charge is -2.18. The highest BCUT2D eigenvalue weighted by atomic mass is 16.2. The maximum Gasteiger partial charge on any atom is 0.254 e. The van der Waals surface area contributed by atoms with Crippen LogP contribution in [0.15, 0.2) is 53.7 Å². The fraction of sp³-hybridized carbons (Fsp3) is 0.350. The number of rotatable bonds is 3. The number of hydrogen-bond donors (Lipinski definition) is 0. The van der Waals surface area contributed by atoms with Crippen molar-refractivity contribution in [2.45, 2.75) is 12.8 Å². The summed E-state index contributed by atoms with van der Waals surface area (Å²) in [5, 5.41) is 5.25. The SMILES string of the molecule is O=C1C2C(C(=O)N1/N=C/C=C/c1ccccc1)C1C=CC2C12CC2. The van der Waals surface area contributed by atoms with Crippen molar-refractivity contribution in [1.82, 2.24) is 5.01 Å². The zero-order valence-electron chi connectivity index (χ0n) is 13.2. The molecule has 2 amide bonds. The van der Waals surface area contributed by atoms with Gasteiger partial charge < -0.3 is 0 Å². The van der Waals surface area contributed by atoms with Crippen LogP contribution in [0.4, 0.5) is 0 Å². The lowest BCUT2D eigenvalue weighted by molar-refractivity contribution is -0.141. The molecule has 3 fully saturated rings. The molecule has 1 aromatic carbocycles. The summed E-state index contributed by atoms with van der Waals surface area (Å²) >= 11 is 0. The molecule has 4 heteroatoms. The molecule has 4 unspecified atom stereocenters. The summed E-state index contributed by atoms with van der Waals surface area (Å²) in [6, 6.07) is 9.85. The van der Waals surface area contributed by atoms with Gasteiger partial charge in [0.2, 0.25) is 0 Å². The lowest BCUT2D eigenvalue weighted by atomic mass is 9.85. The minimum absolute atomic E-state index is 0.113. The van der Waals surface area contributed by atoms with Crippen molar-refractivity contribution in [3.8, 4) is 0 Å². The maximum atomic E-state index is 12.7. The molecule has 0 aromatic heterocycles. The molecule has 120 valence electrons. The molecule has 4 nitrogen and oxygen atoms in total. The monoisotopic (exact) mass is 318 g/mol. The van der Waals surface area contributed by atoms with E-state index in [4.69, 9.17) is 0 Å². The zero-order chi connectivity index (χ0) is 16.3. The van der Waals surface area contributed by atoms with Crippen LogP contribution in [0.5, 0.6) is 0 Å². The molecule has 1 heterocycles. The average Bonchev–Trinajstić information content (AvgIpc) is 3.20. The number of carbonyl (C=O) groups is 2. The van der Waals surface area contributed by atoms with E-state index < -0.39 is 0 Å². The van der Waals surface area contributed by atoms with Gasteiger partial charge in [0.15, 0.2) is 0 Å². The second kappa shape index (κ2) is 4.76. The summed E-state index contributed by atoms with van der Waals surface area (Å²) in [5.74, 6) is -0.0708. The number of hydrogen-bond acceptors (Lipinski definition) is 3. The van der Waals surface area contributed by atoms with Crippen molar-refractivity contribution < 1.29 is 9.59 Å². The van der Waals surface area contributed by atoms with E-state index in [-0.39, 0.29) is 40.9 Å². The third-order valence-electron chi connectivity index (χ3n) is 6.19. The van der Waals surface area contributed by atoms with Crippen molar-refractivity contribution in [1.29, 1.82) is 0 Å². The van der Waals surface area contributed by atoms with Gasteiger partial charge in [0.05, 0.1) is 11.8 Å². The summed E-state index contributed by atoms with van der Waals surface area (Å²) < 4.78 is 0. The lowest BCUT2D eigenvalue weighted by Crippen LogP contribution is -2.30. The molecular formula is C20H18N2O2. The van der Waals surface area contributed by atoms with Crippen LogP contribution in [0.3, 0.4) is 0 Å². The first-order chi connectivity index (χ1) is 11.7. The Morgan fingerprint density at radius 2 is 1.62 bits per heavy atom. The van der Waals surface area contributed by atoms with Gasteiger partial charge in [0.25, 0.3) is 11.8 Å². The molecule has 1 spiro atoms. The van der Waals surface area contributed by atoms with Crippen LogP contribution in [0.1, 0.15) is 18.4 Å². The first-order valence-electron chi connectivity index (χ1n) is 8.54. The Hall–Kier alpha value is -2.49. The number of hydrazone groups is 1. The summed E-state index contributed by atoms with van der Waals surface area (Å²) in [6.45, 7) is 0. The van der Waals surface area contributed by atoms with Gasteiger partial charge in [-0.2, -0.15) is 10.1 Å². The Morgan fingerprint density at radius 1 is 1.00 bits per heavy atom. The standard InChI is InChI=1S/C20H18N2O2/c23-18-16-14-8-9-15(20(14)10-11-20)17(16)19(24)22(18)21-12-4-7-13-5-2-1-3-6-13/h1-9,12,14-17H,10-11H2/b7-4+,21-12+. The molecule has 1 aromatic rings. The van der Waals surface area contributed by atoms with Crippen LogP contribution in [0.2, 0.25) is 0 Å². The molecule has 4 atom stereocenters. The topological polar surface area (TPSA) is 49.7 Å². The third-order valence-corrected chi connectivity index (χ3v) is 6.19. The van der Waals surface area contributed by atoms with E-state index in [1.165, 1.54) is 6.21 Å². The quantitative estimate of drug-likeness (QED) is 0.489. The van der Waals surface area contributed by atoms with Crippen LogP contribution in [-0.4, -0.2) is 23.0 Å². The van der Waals surface area contributed by atoms with Gasteiger partial charge in [-0.05, 0) is 41.7 Å². The molecule has 3 aliphatic carbocycles. The molecule has 24 heavy (non-hydrogen) atoms. The normalized spacial score (nSPS) is 35.1. The van der Waals surface area contributed by atoms with E-state index in [9.17, 15) is 9.59 Å². The van der Waals surface area contributed by atoms with Gasteiger partial charge in [-0.1, -0.05) is 48.6 Å². The maximum absolute atomic E-state index is 12.7. The summed E-state index contributed by atoms with van der Waals surface area (Å²) in [5.41, 5.74) is 1.29. The molecule has 1 aliphatic heterocycles. The predicted molar refractivity (Wildman–Crippen MR) is 90.6 cm³/mol. The summed E-state index contributed by atoms with van der Waals surface area (Å²) in [4.78, 5) is 25.4. The van der Waals surface area contributed by atoms with Gasteiger partial charge in [0, 0.05) is 6.21 Å². The van der Waals surface area contributed by atoms with Gasteiger partial charge in [0.1, 0.15) is 0 Å². The number of carbonyl (C=O) groups excluding carboxylic acids is 2. The van der Waals surface area contributed by atoms with Crippen LogP contribution in [0, 0.1) is 29.1 Å². The van der Waals surface area contributed by atoms with E-state index in [1.807, 2.05) is 36.4 Å². The predicted octanol–water partition coefficient (Wildman–Crippen LogP) is 2.88. The number of nitrogens with zero attached hydrogens (tertiary/aromatic N) is 2. The van der Waals surface area contributed by atoms with Gasteiger partial charge >= 0.3 is 0 Å². The first-order valence-corrected chi connectivity index (χ1v) is 8.54. The van der Waals surface area contributed by atoms with Crippen LogP contribution in [0.25, 0.3) is 6.08 Å². The van der Waals surface area contributed by atoms with E-state index in [0.29, 0.717) is 0 Å². The number of fused-ring (bicyclic) bond motifs is 3. The molecule has 0 radical (unpaired) electrons. The minimum Gasteiger partial charge on any atom is -0.272 e. The van der Waals surface area contributed by atoms with E-state index in [2.05, 4.69) is 17.3 Å². The highest BCUT2D eigenvalue weighted by molar-refractivity contribution is 6.07. The molecule has 4 aliphatic rings. The summed E-state index contributed by atoms with van der Waals surface area (Å²) in [6.07, 6.45) is 11.9. The first kappa shape index (κ1) is 13.9. The Balaban J connectivity index is 1.34. The number of amides is 2. The second-order valence-corrected chi connectivity index (χ2v) is 7.24. The van der Waals surface area contributed by atoms with E-state index in [1.54, 1.807) is 6.08 Å². The fourth-order valence-electron chi connectivity index (χ4n) is 5.00. The van der Waals surface area contributed by atoms with Crippen molar-refractivity contribution >= 4 is 24.1 Å². The molecule has 2 saturated carbocycles. The third kappa shape index (κ3) is 1.71. The molecule has 5 rings (SSSR count). The van der Waals surface area contributed by atoms with Gasteiger partial charge in [-0.3, -0.25) is 9.59 Å². The summed E-state index contributed by atoms with van der Waals surface area (Å²) in [7, 11) is 0. The Morgan fingerprint density at radius 3 is 2.21 bits per heavy atom. The zero-order valence-corrected chi connectivity index (χ0v) is 13.2. The molecule has 0 N–H and O–H groups in total. The van der Waals surface area contributed by atoms with Crippen LogP contribution >= 0.6 is 0 Å². The highest BCUT2D eigenvalue weighted by Gasteiger charge is 2.73. The Kier molecular flexibility index (Phi) is 2.76. The number of allylic oxidation sites excluding steroid dienone is 3. The Labute approximate surface area is 140 Å². The van der Waals surface area contributed by atoms with E-state index >= 15 is 0 Å². The van der Waals surface area contributed by atoms with Crippen LogP contribution in [-0.2, 0) is 9.59 Å². The van der Waals surface area contributed by atoms with E-state index in [0.717, 1.165) is 23.4 Å². The molecule has 1 saturated heterocycles. The number of benzene rings is 1. The Bertz CT molecular complexity index is 770. The fourth-order valence-corrected chi connectivity index (χ4v) is 5.00. The van der Waals surface area contributed by atoms with Crippen LogP contribution < -0.4 is 0 Å². The minimum atomic E-state index is -0.176. The molecular weight excluding hydrogens is 300 g/mol.